The molecule has 2 aromatic heterocycles. The Morgan fingerprint density at radius 3 is 2.38 bits per heavy atom. The highest BCUT2D eigenvalue weighted by molar-refractivity contribution is 5.80. The summed E-state index contributed by atoms with van der Waals surface area (Å²) in [6, 6.07) is 29.2. The van der Waals surface area contributed by atoms with Crippen molar-refractivity contribution in [3.05, 3.63) is 102 Å². The molecule has 3 heterocycles. The molecule has 1 atom stereocenters. The summed E-state index contributed by atoms with van der Waals surface area (Å²) in [5, 5.41) is 1.16. The molecule has 1 aliphatic heterocycles. The van der Waals surface area contributed by atoms with E-state index in [0.717, 1.165) is 39.9 Å². The van der Waals surface area contributed by atoms with Crippen LogP contribution in [0.3, 0.4) is 0 Å². The van der Waals surface area contributed by atoms with E-state index >= 15 is 0 Å². The maximum absolute atomic E-state index is 4.99. The van der Waals surface area contributed by atoms with E-state index in [1.807, 2.05) is 42.6 Å². The summed E-state index contributed by atoms with van der Waals surface area (Å²) in [6.07, 6.45) is 2.77. The maximum Gasteiger partial charge on any atom is 0.152 e. The van der Waals surface area contributed by atoms with Gasteiger partial charge in [-0.2, -0.15) is 0 Å². The molecule has 138 valence electrons. The summed E-state index contributed by atoms with van der Waals surface area (Å²) in [5.74, 6) is 0.855. The van der Waals surface area contributed by atoms with Crippen molar-refractivity contribution in [1.29, 1.82) is 0 Å². The third-order valence-electron chi connectivity index (χ3n) is 5.62. The molecule has 0 fully saturated rings. The fourth-order valence-corrected chi connectivity index (χ4v) is 4.24. The highest BCUT2D eigenvalue weighted by atomic mass is 15.3. The van der Waals surface area contributed by atoms with Gasteiger partial charge in [-0.05, 0) is 35.9 Å². The SMILES string of the molecule is c1ccc2c(c1)CC(c1ccc3ccccc3n1)N2c1cnc2ccccc2n1. The van der Waals surface area contributed by atoms with Gasteiger partial charge < -0.3 is 4.90 Å². The highest BCUT2D eigenvalue weighted by Crippen LogP contribution is 2.44. The Balaban J connectivity index is 1.52. The minimum absolute atomic E-state index is 0.0902. The zero-order valence-electron chi connectivity index (χ0n) is 15.7. The Morgan fingerprint density at radius 2 is 1.45 bits per heavy atom. The third-order valence-corrected chi connectivity index (χ3v) is 5.62. The molecule has 1 unspecified atom stereocenters. The Hall–Kier alpha value is -3.79. The average Bonchev–Trinajstić information content (AvgIpc) is 3.18. The summed E-state index contributed by atoms with van der Waals surface area (Å²) >= 11 is 0. The van der Waals surface area contributed by atoms with Gasteiger partial charge in [-0.3, -0.25) is 9.97 Å². The molecule has 0 radical (unpaired) electrons. The van der Waals surface area contributed by atoms with Crippen molar-refractivity contribution in [1.82, 2.24) is 15.0 Å². The van der Waals surface area contributed by atoms with Gasteiger partial charge in [0.15, 0.2) is 5.82 Å². The van der Waals surface area contributed by atoms with Crippen LogP contribution in [0.25, 0.3) is 21.9 Å². The van der Waals surface area contributed by atoms with Crippen LogP contribution in [-0.2, 0) is 6.42 Å². The monoisotopic (exact) mass is 374 g/mol. The van der Waals surface area contributed by atoms with Gasteiger partial charge in [0.1, 0.15) is 0 Å². The molecular formula is C25H18N4. The van der Waals surface area contributed by atoms with E-state index < -0.39 is 0 Å². The first-order valence-corrected chi connectivity index (χ1v) is 9.81. The minimum atomic E-state index is 0.0902. The van der Waals surface area contributed by atoms with E-state index in [0.29, 0.717) is 0 Å². The first kappa shape index (κ1) is 16.2. The fraction of sp³-hybridized carbons (Fsp3) is 0.0800. The Bertz CT molecular complexity index is 1360. The second kappa shape index (κ2) is 6.38. The third kappa shape index (κ3) is 2.64. The second-order valence-electron chi connectivity index (χ2n) is 7.36. The molecule has 0 aliphatic carbocycles. The predicted molar refractivity (Wildman–Crippen MR) is 116 cm³/mol. The number of anilines is 2. The maximum atomic E-state index is 4.99. The van der Waals surface area contributed by atoms with Gasteiger partial charge in [0.2, 0.25) is 0 Å². The zero-order valence-corrected chi connectivity index (χ0v) is 15.7. The van der Waals surface area contributed by atoms with Gasteiger partial charge in [0.25, 0.3) is 0 Å². The van der Waals surface area contributed by atoms with Crippen LogP contribution in [-0.4, -0.2) is 15.0 Å². The number of hydrogen-bond donors (Lipinski definition) is 0. The van der Waals surface area contributed by atoms with Gasteiger partial charge in [0, 0.05) is 17.5 Å². The number of nitrogens with zero attached hydrogens (tertiary/aromatic N) is 4. The largest absolute Gasteiger partial charge is 0.315 e. The van der Waals surface area contributed by atoms with E-state index in [9.17, 15) is 0 Å². The Kier molecular flexibility index (Phi) is 3.56. The van der Waals surface area contributed by atoms with Crippen LogP contribution < -0.4 is 4.90 Å². The van der Waals surface area contributed by atoms with Gasteiger partial charge >= 0.3 is 0 Å². The van der Waals surface area contributed by atoms with E-state index in [-0.39, 0.29) is 6.04 Å². The Morgan fingerprint density at radius 1 is 0.690 bits per heavy atom. The molecule has 0 saturated carbocycles. The number of para-hydroxylation sites is 4. The van der Waals surface area contributed by atoms with Crippen LogP contribution in [0.5, 0.6) is 0 Å². The molecule has 0 N–H and O–H groups in total. The van der Waals surface area contributed by atoms with Crippen LogP contribution in [0.15, 0.2) is 91.1 Å². The number of pyridine rings is 1. The lowest BCUT2D eigenvalue weighted by Gasteiger charge is -2.26. The molecule has 3 aromatic carbocycles. The standard InChI is InChI=1S/C25H18N4/c1-3-9-19-17(7-1)13-14-22(27-19)24-15-18-8-2-6-12-23(18)29(24)25-16-26-20-10-4-5-11-21(20)28-25/h1-14,16,24H,15H2. The minimum Gasteiger partial charge on any atom is -0.315 e. The molecule has 4 heteroatoms. The van der Waals surface area contributed by atoms with Crippen LogP contribution in [0.2, 0.25) is 0 Å². The molecule has 5 aromatic rings. The van der Waals surface area contributed by atoms with E-state index in [2.05, 4.69) is 58.4 Å². The van der Waals surface area contributed by atoms with Crippen molar-refractivity contribution in [2.75, 3.05) is 4.90 Å². The van der Waals surface area contributed by atoms with Crippen LogP contribution >= 0.6 is 0 Å². The van der Waals surface area contributed by atoms with Gasteiger partial charge in [-0.15, -0.1) is 0 Å². The lowest BCUT2D eigenvalue weighted by molar-refractivity contribution is 0.713. The molecule has 29 heavy (non-hydrogen) atoms. The van der Waals surface area contributed by atoms with E-state index in [4.69, 9.17) is 9.97 Å². The summed E-state index contributed by atoms with van der Waals surface area (Å²) in [7, 11) is 0. The molecule has 6 rings (SSSR count). The second-order valence-corrected chi connectivity index (χ2v) is 7.36. The van der Waals surface area contributed by atoms with Crippen molar-refractivity contribution in [2.45, 2.75) is 12.5 Å². The average molecular weight is 374 g/mol. The molecule has 0 bridgehead atoms. The molecular weight excluding hydrogens is 356 g/mol. The molecule has 4 nitrogen and oxygen atoms in total. The first-order chi connectivity index (χ1) is 14.4. The quantitative estimate of drug-likeness (QED) is 0.402. The summed E-state index contributed by atoms with van der Waals surface area (Å²) < 4.78 is 0. The number of rotatable bonds is 2. The number of fused-ring (bicyclic) bond motifs is 3. The number of benzene rings is 3. The fourth-order valence-electron chi connectivity index (χ4n) is 4.24. The molecule has 1 aliphatic rings. The normalized spacial score (nSPS) is 15.7. The number of hydrogen-bond acceptors (Lipinski definition) is 4. The lowest BCUT2D eigenvalue weighted by atomic mass is 10.1. The van der Waals surface area contributed by atoms with E-state index in [1.54, 1.807) is 0 Å². The van der Waals surface area contributed by atoms with Crippen LogP contribution in [0, 0.1) is 0 Å². The van der Waals surface area contributed by atoms with Gasteiger partial charge in [-0.25, -0.2) is 4.98 Å². The van der Waals surface area contributed by atoms with Crippen molar-refractivity contribution in [3.8, 4) is 0 Å². The number of aromatic nitrogens is 3. The molecule has 0 saturated heterocycles. The summed E-state index contributed by atoms with van der Waals surface area (Å²) in [5.41, 5.74) is 6.36. The van der Waals surface area contributed by atoms with Crippen LogP contribution in [0.1, 0.15) is 17.3 Å². The summed E-state index contributed by atoms with van der Waals surface area (Å²) in [6.45, 7) is 0. The predicted octanol–water partition coefficient (Wildman–Crippen LogP) is 5.61. The lowest BCUT2D eigenvalue weighted by Crippen LogP contribution is -2.22. The van der Waals surface area contributed by atoms with Gasteiger partial charge in [0.05, 0.1) is 34.5 Å². The molecule has 0 amide bonds. The first-order valence-electron chi connectivity index (χ1n) is 9.81. The van der Waals surface area contributed by atoms with Crippen molar-refractivity contribution in [2.24, 2.45) is 0 Å². The van der Waals surface area contributed by atoms with Crippen molar-refractivity contribution in [3.63, 3.8) is 0 Å². The van der Waals surface area contributed by atoms with Crippen LogP contribution in [0.4, 0.5) is 11.5 Å². The topological polar surface area (TPSA) is 41.9 Å². The Labute approximate surface area is 168 Å². The van der Waals surface area contributed by atoms with Crippen molar-refractivity contribution < 1.29 is 0 Å². The van der Waals surface area contributed by atoms with Gasteiger partial charge in [-0.1, -0.05) is 54.6 Å². The smallest absolute Gasteiger partial charge is 0.152 e. The molecule has 0 spiro atoms. The zero-order chi connectivity index (χ0) is 19.2. The summed E-state index contributed by atoms with van der Waals surface area (Å²) in [4.78, 5) is 16.9. The van der Waals surface area contributed by atoms with E-state index in [1.165, 1.54) is 11.3 Å². The van der Waals surface area contributed by atoms with Crippen molar-refractivity contribution >= 4 is 33.4 Å². The highest BCUT2D eigenvalue weighted by Gasteiger charge is 2.33.